The molecule has 0 aliphatic rings. The van der Waals surface area contributed by atoms with Gasteiger partial charge in [-0.2, -0.15) is 0 Å². The number of alkyl halides is 1. The molecular weight excluding hydrogens is 378 g/mol. The van der Waals surface area contributed by atoms with E-state index in [4.69, 9.17) is 0 Å². The first-order valence-corrected chi connectivity index (χ1v) is 7.46. The maximum absolute atomic E-state index is 13.6. The van der Waals surface area contributed by atoms with Crippen LogP contribution in [0.15, 0.2) is 34.8 Å². The topological polar surface area (TPSA) is 0 Å². The lowest BCUT2D eigenvalue weighted by Crippen LogP contribution is -1.99. The second-order valence-corrected chi connectivity index (χ2v) is 6.27. The van der Waals surface area contributed by atoms with Crippen molar-refractivity contribution in [1.82, 2.24) is 0 Å². The van der Waals surface area contributed by atoms with E-state index >= 15 is 0 Å². The molecule has 0 nitrogen and oxygen atoms in total. The first kappa shape index (κ1) is 14.7. The summed E-state index contributed by atoms with van der Waals surface area (Å²) in [5.74, 6) is -0.486. The Kier molecular flexibility index (Phi) is 4.41. The zero-order valence-electron chi connectivity index (χ0n) is 10.5. The number of aryl methyl sites for hydroxylation is 2. The fourth-order valence-electron chi connectivity index (χ4n) is 2.01. The SMILES string of the molecule is Cc1cc(C(Br)c2cc(F)ccc2Br)cc(C)c1F. The van der Waals surface area contributed by atoms with Gasteiger partial charge in [0.15, 0.2) is 0 Å². The van der Waals surface area contributed by atoms with Crippen LogP contribution in [0.5, 0.6) is 0 Å². The molecule has 1 unspecified atom stereocenters. The van der Waals surface area contributed by atoms with Gasteiger partial charge < -0.3 is 0 Å². The molecule has 0 heterocycles. The highest BCUT2D eigenvalue weighted by molar-refractivity contribution is 9.11. The lowest BCUT2D eigenvalue weighted by atomic mass is 10.00. The molecule has 0 saturated heterocycles. The van der Waals surface area contributed by atoms with Crippen molar-refractivity contribution in [3.8, 4) is 0 Å². The summed E-state index contributed by atoms with van der Waals surface area (Å²) in [5, 5.41) is 0. The second kappa shape index (κ2) is 5.71. The van der Waals surface area contributed by atoms with Crippen LogP contribution < -0.4 is 0 Å². The number of hydrogen-bond acceptors (Lipinski definition) is 0. The normalized spacial score (nSPS) is 12.5. The van der Waals surface area contributed by atoms with Crippen LogP contribution in [-0.4, -0.2) is 0 Å². The number of benzene rings is 2. The van der Waals surface area contributed by atoms with Gasteiger partial charge in [0, 0.05) is 4.47 Å². The molecule has 1 atom stereocenters. The molecule has 19 heavy (non-hydrogen) atoms. The zero-order valence-corrected chi connectivity index (χ0v) is 13.6. The lowest BCUT2D eigenvalue weighted by molar-refractivity contribution is 0.608. The van der Waals surface area contributed by atoms with Gasteiger partial charge in [-0.15, -0.1) is 0 Å². The molecule has 0 aromatic heterocycles. The van der Waals surface area contributed by atoms with Crippen LogP contribution in [-0.2, 0) is 0 Å². The molecular formula is C15H12Br2F2. The maximum atomic E-state index is 13.6. The van der Waals surface area contributed by atoms with E-state index in [1.165, 1.54) is 12.1 Å². The minimum atomic E-state index is -0.293. The summed E-state index contributed by atoms with van der Waals surface area (Å²) in [6, 6.07) is 8.09. The summed E-state index contributed by atoms with van der Waals surface area (Å²) in [6.07, 6.45) is 0. The highest BCUT2D eigenvalue weighted by atomic mass is 79.9. The van der Waals surface area contributed by atoms with Gasteiger partial charge in [-0.25, -0.2) is 8.78 Å². The fraction of sp³-hybridized carbons (Fsp3) is 0.200. The van der Waals surface area contributed by atoms with Crippen LogP contribution in [0.4, 0.5) is 8.78 Å². The Bertz CT molecular complexity index is 601. The highest BCUT2D eigenvalue weighted by Crippen LogP contribution is 2.36. The van der Waals surface area contributed by atoms with Crippen LogP contribution in [0, 0.1) is 25.5 Å². The molecule has 2 aromatic carbocycles. The first-order valence-electron chi connectivity index (χ1n) is 5.76. The quantitative estimate of drug-likeness (QED) is 0.567. The summed E-state index contributed by atoms with van der Waals surface area (Å²) in [5.41, 5.74) is 2.87. The summed E-state index contributed by atoms with van der Waals surface area (Å²) in [6.45, 7) is 3.46. The van der Waals surface area contributed by atoms with Crippen molar-refractivity contribution in [1.29, 1.82) is 0 Å². The number of hydrogen-bond donors (Lipinski definition) is 0. The molecule has 0 bridgehead atoms. The van der Waals surface area contributed by atoms with Crippen LogP contribution >= 0.6 is 31.9 Å². The van der Waals surface area contributed by atoms with Crippen molar-refractivity contribution < 1.29 is 8.78 Å². The first-order chi connectivity index (χ1) is 8.90. The molecule has 0 saturated carbocycles. The molecule has 0 radical (unpaired) electrons. The van der Waals surface area contributed by atoms with E-state index in [1.807, 2.05) is 0 Å². The predicted octanol–water partition coefficient (Wildman–Crippen LogP) is 5.83. The Hall–Kier alpha value is -0.740. The summed E-state index contributed by atoms with van der Waals surface area (Å²) >= 11 is 6.96. The zero-order chi connectivity index (χ0) is 14.2. The molecule has 0 aliphatic carbocycles. The molecule has 0 N–H and O–H groups in total. The van der Waals surface area contributed by atoms with Crippen LogP contribution in [0.3, 0.4) is 0 Å². The van der Waals surface area contributed by atoms with Crippen molar-refractivity contribution >= 4 is 31.9 Å². The molecule has 0 fully saturated rings. The Morgan fingerprint density at radius 2 is 1.58 bits per heavy atom. The van der Waals surface area contributed by atoms with E-state index in [0.29, 0.717) is 11.1 Å². The molecule has 2 rings (SSSR count). The minimum absolute atomic E-state index is 0.185. The predicted molar refractivity (Wildman–Crippen MR) is 80.7 cm³/mol. The van der Waals surface area contributed by atoms with Crippen LogP contribution in [0.25, 0.3) is 0 Å². The van der Waals surface area contributed by atoms with Gasteiger partial charge >= 0.3 is 0 Å². The van der Waals surface area contributed by atoms with E-state index in [9.17, 15) is 8.78 Å². The fourth-order valence-corrected chi connectivity index (χ4v) is 3.44. The van der Waals surface area contributed by atoms with E-state index < -0.39 is 0 Å². The van der Waals surface area contributed by atoms with Crippen LogP contribution in [0.1, 0.15) is 27.1 Å². The van der Waals surface area contributed by atoms with Gasteiger partial charge in [-0.05, 0) is 54.3 Å². The van der Waals surface area contributed by atoms with Crippen LogP contribution in [0.2, 0.25) is 0 Å². The standard InChI is InChI=1S/C15H12Br2F2/c1-8-5-10(6-9(2)15(8)19)14(17)12-7-11(18)3-4-13(12)16/h3-7,14H,1-2H3. The largest absolute Gasteiger partial charge is 0.207 e. The van der Waals surface area contributed by atoms with E-state index in [0.717, 1.165) is 15.6 Å². The van der Waals surface area contributed by atoms with Gasteiger partial charge in [0.1, 0.15) is 11.6 Å². The smallest absolute Gasteiger partial charge is 0.129 e. The maximum Gasteiger partial charge on any atom is 0.129 e. The highest BCUT2D eigenvalue weighted by Gasteiger charge is 2.16. The van der Waals surface area contributed by atoms with Gasteiger partial charge in [0.2, 0.25) is 0 Å². The Balaban J connectivity index is 2.49. The number of halogens is 4. The monoisotopic (exact) mass is 388 g/mol. The van der Waals surface area contributed by atoms with Crippen molar-refractivity contribution in [2.75, 3.05) is 0 Å². The molecule has 4 heteroatoms. The second-order valence-electron chi connectivity index (χ2n) is 4.50. The summed E-state index contributed by atoms with van der Waals surface area (Å²) < 4.78 is 27.8. The van der Waals surface area contributed by atoms with Crippen molar-refractivity contribution in [3.05, 3.63) is 68.7 Å². The molecule has 0 spiro atoms. The molecule has 100 valence electrons. The third kappa shape index (κ3) is 3.06. The van der Waals surface area contributed by atoms with Crippen molar-refractivity contribution in [2.24, 2.45) is 0 Å². The van der Waals surface area contributed by atoms with Gasteiger partial charge in [-0.1, -0.05) is 44.0 Å². The minimum Gasteiger partial charge on any atom is -0.207 e. The average molecular weight is 390 g/mol. The van der Waals surface area contributed by atoms with E-state index in [-0.39, 0.29) is 16.5 Å². The Morgan fingerprint density at radius 3 is 2.16 bits per heavy atom. The van der Waals surface area contributed by atoms with Crippen molar-refractivity contribution in [3.63, 3.8) is 0 Å². The Labute approximate surface area is 128 Å². The summed E-state index contributed by atoms with van der Waals surface area (Å²) in [4.78, 5) is -0.185. The van der Waals surface area contributed by atoms with Gasteiger partial charge in [0.05, 0.1) is 4.83 Å². The molecule has 0 amide bonds. The Morgan fingerprint density at radius 1 is 1.00 bits per heavy atom. The van der Waals surface area contributed by atoms with E-state index in [1.54, 1.807) is 32.0 Å². The summed E-state index contributed by atoms with van der Waals surface area (Å²) in [7, 11) is 0. The third-order valence-electron chi connectivity index (χ3n) is 2.98. The number of rotatable bonds is 2. The van der Waals surface area contributed by atoms with Gasteiger partial charge in [-0.3, -0.25) is 0 Å². The lowest BCUT2D eigenvalue weighted by Gasteiger charge is -2.15. The third-order valence-corrected chi connectivity index (χ3v) is 4.73. The van der Waals surface area contributed by atoms with E-state index in [2.05, 4.69) is 31.9 Å². The average Bonchev–Trinajstić information content (AvgIpc) is 2.37. The van der Waals surface area contributed by atoms with Gasteiger partial charge in [0.25, 0.3) is 0 Å². The molecule has 0 aliphatic heterocycles. The molecule has 2 aromatic rings. The van der Waals surface area contributed by atoms with Crippen molar-refractivity contribution in [2.45, 2.75) is 18.7 Å².